The van der Waals surface area contributed by atoms with Crippen LogP contribution in [0, 0.1) is 0 Å². The van der Waals surface area contributed by atoms with Crippen molar-refractivity contribution in [2.24, 2.45) is 0 Å². The van der Waals surface area contributed by atoms with E-state index in [1.54, 1.807) is 0 Å². The van der Waals surface area contributed by atoms with E-state index in [0.717, 1.165) is 70.6 Å². The van der Waals surface area contributed by atoms with Crippen LogP contribution < -0.4 is 0 Å². The molecule has 0 aliphatic heterocycles. The van der Waals surface area contributed by atoms with Crippen molar-refractivity contribution in [3.63, 3.8) is 0 Å². The number of ether oxygens (including phenoxy) is 3. The molecule has 0 saturated heterocycles. The van der Waals surface area contributed by atoms with Crippen molar-refractivity contribution in [3.8, 4) is 0 Å². The average Bonchev–Trinajstić information content (AvgIpc) is 3.35. The summed E-state index contributed by atoms with van der Waals surface area (Å²) in [5.41, 5.74) is 0. The van der Waals surface area contributed by atoms with Crippen molar-refractivity contribution in [1.82, 2.24) is 0 Å². The lowest BCUT2D eigenvalue weighted by molar-refractivity contribution is -0.161. The van der Waals surface area contributed by atoms with E-state index < -0.39 is 57.8 Å². The second-order valence-electron chi connectivity index (χ2n) is 19.8. The molecule has 11 nitrogen and oxygen atoms in total. The molecule has 0 aliphatic carbocycles. The van der Waals surface area contributed by atoms with Crippen molar-refractivity contribution >= 4 is 25.7 Å². The van der Waals surface area contributed by atoms with Crippen molar-refractivity contribution in [2.75, 3.05) is 26.4 Å². The van der Waals surface area contributed by atoms with Gasteiger partial charge in [0, 0.05) is 19.3 Å². The number of carbonyl (C=O) groups excluding carboxylic acids is 3. The highest BCUT2D eigenvalue weighted by Crippen LogP contribution is 2.43. The summed E-state index contributed by atoms with van der Waals surface area (Å²) in [7, 11) is -4.74. The van der Waals surface area contributed by atoms with Crippen molar-refractivity contribution in [1.29, 1.82) is 0 Å². The van der Waals surface area contributed by atoms with Gasteiger partial charge in [-0.1, -0.05) is 225 Å². The first kappa shape index (κ1) is 68.0. The Morgan fingerprint density at radius 1 is 0.386 bits per heavy atom. The van der Waals surface area contributed by atoms with E-state index in [9.17, 15) is 28.9 Å². The molecule has 3 atom stereocenters. The molecule has 0 aromatic heterocycles. The second-order valence-corrected chi connectivity index (χ2v) is 21.3. The fraction of sp³-hybridized carbons (Fsp3) is 0.879. The third-order valence-electron chi connectivity index (χ3n) is 12.8. The quantitative estimate of drug-likeness (QED) is 0.0197. The Balaban J connectivity index is 4.59. The van der Waals surface area contributed by atoms with Crippen LogP contribution in [0.25, 0.3) is 0 Å². The highest BCUT2D eigenvalue weighted by atomic mass is 31.2. The lowest BCUT2D eigenvalue weighted by Crippen LogP contribution is -2.30. The second kappa shape index (κ2) is 53.3. The molecule has 0 aromatic carbocycles. The molecule has 412 valence electrons. The van der Waals surface area contributed by atoms with E-state index in [0.29, 0.717) is 19.3 Å². The molecule has 0 rings (SSSR count). The van der Waals surface area contributed by atoms with Crippen LogP contribution >= 0.6 is 7.82 Å². The Morgan fingerprint density at radius 3 is 0.986 bits per heavy atom. The molecule has 0 aromatic rings. The largest absolute Gasteiger partial charge is 0.472 e. The van der Waals surface area contributed by atoms with Gasteiger partial charge in [-0.25, -0.2) is 4.57 Å². The SMILES string of the molecule is CCCCCCCC/C=C\CCCCCCCCCC(=O)OC(CO)COP(=O)(O)OCC(COC(=O)CCCCCCCCCCC)OC(=O)CCCCCCCCC/C=C\CCCCCCCC. The first-order valence-electron chi connectivity index (χ1n) is 29.2. The predicted molar refractivity (Wildman–Crippen MR) is 289 cm³/mol. The summed E-state index contributed by atoms with van der Waals surface area (Å²) in [6.07, 6.45) is 52.8. The lowest BCUT2D eigenvalue weighted by Gasteiger charge is -2.21. The van der Waals surface area contributed by atoms with Crippen LogP contribution in [0.2, 0.25) is 0 Å². The van der Waals surface area contributed by atoms with Gasteiger partial charge in [-0.05, 0) is 70.6 Å². The van der Waals surface area contributed by atoms with E-state index in [4.69, 9.17) is 23.3 Å². The smallest absolute Gasteiger partial charge is 0.462 e. The van der Waals surface area contributed by atoms with E-state index in [-0.39, 0.29) is 25.9 Å². The number of esters is 3. The van der Waals surface area contributed by atoms with Crippen LogP contribution in [0.1, 0.15) is 290 Å². The number of aliphatic hydroxyl groups excluding tert-OH is 1. The number of rotatable bonds is 55. The maximum atomic E-state index is 12.9. The zero-order valence-corrected chi connectivity index (χ0v) is 46.4. The number of unbranched alkanes of at least 4 members (excludes halogenated alkanes) is 34. The van der Waals surface area contributed by atoms with Crippen molar-refractivity contribution < 1.29 is 52.2 Å². The predicted octanol–water partition coefficient (Wildman–Crippen LogP) is 17.0. The summed E-state index contributed by atoms with van der Waals surface area (Å²) in [5, 5.41) is 9.81. The van der Waals surface area contributed by atoms with Crippen molar-refractivity contribution in [3.05, 3.63) is 24.3 Å². The van der Waals surface area contributed by atoms with Gasteiger partial charge in [-0.3, -0.25) is 23.4 Å². The van der Waals surface area contributed by atoms with Gasteiger partial charge in [0.15, 0.2) is 6.10 Å². The van der Waals surface area contributed by atoms with E-state index in [1.807, 2.05) is 0 Å². The van der Waals surface area contributed by atoms with Gasteiger partial charge in [0.25, 0.3) is 0 Å². The molecule has 0 aliphatic rings. The molecule has 3 unspecified atom stereocenters. The Morgan fingerprint density at radius 2 is 0.657 bits per heavy atom. The van der Waals surface area contributed by atoms with Crippen LogP contribution in [-0.2, 0) is 42.2 Å². The van der Waals surface area contributed by atoms with Gasteiger partial charge in [0.2, 0.25) is 0 Å². The highest BCUT2D eigenvalue weighted by Gasteiger charge is 2.28. The maximum absolute atomic E-state index is 12.9. The number of phosphoric acid groups is 1. The molecule has 0 fully saturated rings. The third kappa shape index (κ3) is 50.9. The van der Waals surface area contributed by atoms with Crippen molar-refractivity contribution in [2.45, 2.75) is 303 Å². The van der Waals surface area contributed by atoms with Gasteiger partial charge < -0.3 is 24.2 Å². The average molecular weight is 1010 g/mol. The summed E-state index contributed by atoms with van der Waals surface area (Å²) in [6, 6.07) is 0. The fourth-order valence-corrected chi connectivity index (χ4v) is 9.13. The summed E-state index contributed by atoms with van der Waals surface area (Å²) in [6.45, 7) is 4.65. The molecule has 0 saturated carbocycles. The summed E-state index contributed by atoms with van der Waals surface area (Å²) in [5.74, 6) is -1.45. The zero-order chi connectivity index (χ0) is 51.3. The van der Waals surface area contributed by atoms with Crippen LogP contribution in [0.4, 0.5) is 0 Å². The molecule has 0 heterocycles. The normalized spacial score (nSPS) is 13.5. The van der Waals surface area contributed by atoms with Crippen LogP contribution in [0.5, 0.6) is 0 Å². The zero-order valence-electron chi connectivity index (χ0n) is 45.5. The molecule has 0 spiro atoms. The molecular formula is C58H109O11P. The number of carbonyl (C=O) groups is 3. The number of hydrogen-bond donors (Lipinski definition) is 2. The Kier molecular flexibility index (Phi) is 51.7. The summed E-state index contributed by atoms with van der Waals surface area (Å²) < 4.78 is 39.5. The maximum Gasteiger partial charge on any atom is 0.472 e. The summed E-state index contributed by atoms with van der Waals surface area (Å²) in [4.78, 5) is 48.4. The van der Waals surface area contributed by atoms with Gasteiger partial charge in [0.05, 0.1) is 19.8 Å². The molecule has 70 heavy (non-hydrogen) atoms. The van der Waals surface area contributed by atoms with E-state index >= 15 is 0 Å². The summed E-state index contributed by atoms with van der Waals surface area (Å²) >= 11 is 0. The molecule has 0 amide bonds. The molecular weight excluding hydrogens is 904 g/mol. The minimum Gasteiger partial charge on any atom is -0.462 e. The lowest BCUT2D eigenvalue weighted by atomic mass is 10.1. The molecule has 2 N–H and O–H groups in total. The Labute approximate surface area is 429 Å². The monoisotopic (exact) mass is 1010 g/mol. The van der Waals surface area contributed by atoms with Gasteiger partial charge >= 0.3 is 25.7 Å². The first-order chi connectivity index (χ1) is 34.2. The number of hydrogen-bond acceptors (Lipinski definition) is 10. The van der Waals surface area contributed by atoms with Gasteiger partial charge in [-0.2, -0.15) is 0 Å². The number of allylic oxidation sites excluding steroid dienone is 4. The van der Waals surface area contributed by atoms with Gasteiger partial charge in [-0.15, -0.1) is 0 Å². The minimum atomic E-state index is -4.74. The number of phosphoric ester groups is 1. The van der Waals surface area contributed by atoms with Gasteiger partial charge in [0.1, 0.15) is 12.7 Å². The van der Waals surface area contributed by atoms with E-state index in [1.165, 1.54) is 161 Å². The molecule has 12 heteroatoms. The highest BCUT2D eigenvalue weighted by molar-refractivity contribution is 7.47. The molecule has 0 radical (unpaired) electrons. The van der Waals surface area contributed by atoms with Crippen LogP contribution in [-0.4, -0.2) is 66.5 Å². The minimum absolute atomic E-state index is 0.167. The Bertz CT molecular complexity index is 1270. The topological polar surface area (TPSA) is 155 Å². The standard InChI is InChI=1S/C58H109O11P/c1-4-7-10-13-16-19-21-23-25-27-29-31-33-36-39-42-45-48-57(61)68-54(50-59)52-66-70(63,64)67-53-55(51-65-56(60)47-44-41-38-35-18-15-12-9-6-3)69-58(62)49-46-43-40-37-34-32-30-28-26-24-22-20-17-14-11-8-5-2/h23-26,54-55,59H,4-22,27-53H2,1-3H3,(H,63,64)/b25-23-,26-24-. The fourth-order valence-electron chi connectivity index (χ4n) is 8.35. The van der Waals surface area contributed by atoms with Crippen LogP contribution in [0.3, 0.4) is 0 Å². The Hall–Kier alpha value is -2.04. The number of aliphatic hydroxyl groups is 1. The van der Waals surface area contributed by atoms with E-state index in [2.05, 4.69) is 45.1 Å². The molecule has 0 bridgehead atoms. The first-order valence-corrected chi connectivity index (χ1v) is 30.7. The van der Waals surface area contributed by atoms with Crippen LogP contribution in [0.15, 0.2) is 24.3 Å². The third-order valence-corrected chi connectivity index (χ3v) is 13.8.